The molecule has 0 bridgehead atoms. The van der Waals surface area contributed by atoms with Gasteiger partial charge >= 0.3 is 0 Å². The lowest BCUT2D eigenvalue weighted by Crippen LogP contribution is -2.45. The summed E-state index contributed by atoms with van der Waals surface area (Å²) in [5.74, 6) is 0.855. The molecule has 6 heteroatoms. The minimum atomic E-state index is -0.355. The summed E-state index contributed by atoms with van der Waals surface area (Å²) in [6.45, 7) is 2.48. The number of amides is 1. The normalized spacial score (nSPS) is 26.4. The third-order valence-corrected chi connectivity index (χ3v) is 7.29. The van der Waals surface area contributed by atoms with Gasteiger partial charge in [-0.25, -0.2) is 0 Å². The summed E-state index contributed by atoms with van der Waals surface area (Å²) < 4.78 is 0. The van der Waals surface area contributed by atoms with Crippen molar-refractivity contribution in [2.24, 2.45) is 11.8 Å². The number of hydrogen-bond donors (Lipinski definition) is 2. The smallest absolute Gasteiger partial charge is 0.253 e. The molecule has 0 aromatic heterocycles. The van der Waals surface area contributed by atoms with Crippen molar-refractivity contribution in [3.63, 3.8) is 0 Å². The Morgan fingerprint density at radius 1 is 0.828 bits per heavy atom. The number of carbonyl (C=O) groups is 1. The highest BCUT2D eigenvalue weighted by atomic mass is 16.2. The molecule has 4 rings (SSSR count). The second-order valence-corrected chi connectivity index (χ2v) is 9.37. The van der Waals surface area contributed by atoms with E-state index in [1.807, 2.05) is 0 Å². The maximum Gasteiger partial charge on any atom is 0.253 e. The average Bonchev–Trinajstić information content (AvgIpc) is 2.77. The van der Waals surface area contributed by atoms with Gasteiger partial charge in [0, 0.05) is 31.6 Å². The molecular formula is C23H35N3O3. The van der Waals surface area contributed by atoms with Crippen LogP contribution in [-0.2, 0) is 4.79 Å². The van der Waals surface area contributed by atoms with E-state index in [-0.39, 0.29) is 22.7 Å². The van der Waals surface area contributed by atoms with Crippen LogP contribution in [-0.4, -0.2) is 31.6 Å². The molecular weight excluding hydrogens is 366 g/mol. The van der Waals surface area contributed by atoms with Gasteiger partial charge in [-0.05, 0) is 63.7 Å². The molecule has 2 aliphatic carbocycles. The van der Waals surface area contributed by atoms with E-state index in [2.05, 4.69) is 15.5 Å². The van der Waals surface area contributed by atoms with Gasteiger partial charge in [-0.1, -0.05) is 19.3 Å². The lowest BCUT2D eigenvalue weighted by molar-refractivity contribution is -0.127. The summed E-state index contributed by atoms with van der Waals surface area (Å²) in [6, 6.07) is 0.387. The standard InChI is InChI=1S/C23H35N3O3/c27-21-19(20(22(21)28)26-13-5-2-6-14-26)24-15-16-9-11-17(12-10-16)23(29)25-18-7-3-1-4-8-18/h16-18,24H,1-15H2,(H,25,29). The van der Waals surface area contributed by atoms with Crippen LogP contribution >= 0.6 is 0 Å². The van der Waals surface area contributed by atoms with Gasteiger partial charge in [-0.2, -0.15) is 0 Å². The summed E-state index contributed by atoms with van der Waals surface area (Å²) >= 11 is 0. The van der Waals surface area contributed by atoms with Crippen molar-refractivity contribution in [3.8, 4) is 0 Å². The van der Waals surface area contributed by atoms with Crippen molar-refractivity contribution >= 4 is 17.3 Å². The van der Waals surface area contributed by atoms with Crippen LogP contribution in [0.4, 0.5) is 11.4 Å². The number of nitrogens with one attached hydrogen (secondary N) is 2. The molecule has 1 aromatic rings. The van der Waals surface area contributed by atoms with Gasteiger partial charge in [-0.15, -0.1) is 0 Å². The van der Waals surface area contributed by atoms with E-state index in [1.54, 1.807) is 0 Å². The molecule has 3 fully saturated rings. The Hall–Kier alpha value is -1.85. The zero-order valence-electron chi connectivity index (χ0n) is 17.5. The van der Waals surface area contributed by atoms with E-state index in [0.29, 0.717) is 23.3 Å². The van der Waals surface area contributed by atoms with Crippen molar-refractivity contribution in [2.75, 3.05) is 29.9 Å². The fourth-order valence-corrected chi connectivity index (χ4v) is 5.40. The Labute approximate surface area is 173 Å². The molecule has 6 nitrogen and oxygen atoms in total. The minimum absolute atomic E-state index is 0.142. The van der Waals surface area contributed by atoms with E-state index in [9.17, 15) is 14.4 Å². The number of nitrogens with zero attached hydrogens (tertiary/aromatic N) is 1. The molecule has 2 N–H and O–H groups in total. The molecule has 3 aliphatic rings. The van der Waals surface area contributed by atoms with E-state index in [0.717, 1.165) is 71.0 Å². The summed E-state index contributed by atoms with van der Waals surface area (Å²) in [5.41, 5.74) is 0.480. The van der Waals surface area contributed by atoms with Crippen LogP contribution in [0.15, 0.2) is 9.59 Å². The van der Waals surface area contributed by atoms with Gasteiger partial charge in [0.25, 0.3) is 10.9 Å². The molecule has 0 atom stereocenters. The van der Waals surface area contributed by atoms with E-state index >= 15 is 0 Å². The predicted molar refractivity (Wildman–Crippen MR) is 116 cm³/mol. The summed E-state index contributed by atoms with van der Waals surface area (Å²) in [7, 11) is 0. The quantitative estimate of drug-likeness (QED) is 0.717. The van der Waals surface area contributed by atoms with Gasteiger partial charge in [0.1, 0.15) is 11.4 Å². The van der Waals surface area contributed by atoms with Crippen molar-refractivity contribution in [2.45, 2.75) is 83.1 Å². The molecule has 1 heterocycles. The molecule has 29 heavy (non-hydrogen) atoms. The monoisotopic (exact) mass is 401 g/mol. The molecule has 1 saturated heterocycles. The van der Waals surface area contributed by atoms with Crippen LogP contribution in [0.25, 0.3) is 0 Å². The van der Waals surface area contributed by atoms with Crippen LogP contribution in [0, 0.1) is 11.8 Å². The molecule has 0 spiro atoms. The fourth-order valence-electron chi connectivity index (χ4n) is 5.40. The zero-order valence-corrected chi connectivity index (χ0v) is 17.5. The molecule has 0 radical (unpaired) electrons. The number of anilines is 2. The van der Waals surface area contributed by atoms with Crippen molar-refractivity contribution < 1.29 is 4.79 Å². The Morgan fingerprint density at radius 3 is 2.17 bits per heavy atom. The lowest BCUT2D eigenvalue weighted by Gasteiger charge is -2.32. The van der Waals surface area contributed by atoms with Crippen LogP contribution in [0.1, 0.15) is 77.0 Å². The number of carbonyl (C=O) groups excluding carboxylic acids is 1. The number of rotatable bonds is 6. The predicted octanol–water partition coefficient (Wildman–Crippen LogP) is 2.94. The van der Waals surface area contributed by atoms with Gasteiger partial charge in [0.05, 0.1) is 0 Å². The fraction of sp³-hybridized carbons (Fsp3) is 0.783. The first-order valence-electron chi connectivity index (χ1n) is 11.8. The molecule has 0 unspecified atom stereocenters. The van der Waals surface area contributed by atoms with Gasteiger partial charge in [0.2, 0.25) is 5.91 Å². The largest absolute Gasteiger partial charge is 0.380 e. The third kappa shape index (κ3) is 4.67. The van der Waals surface area contributed by atoms with E-state index < -0.39 is 0 Å². The summed E-state index contributed by atoms with van der Waals surface area (Å²) in [4.78, 5) is 38.8. The first kappa shape index (κ1) is 20.4. The Kier molecular flexibility index (Phi) is 6.56. The number of hydrogen-bond acceptors (Lipinski definition) is 5. The molecule has 1 aliphatic heterocycles. The van der Waals surface area contributed by atoms with Gasteiger partial charge in [0.15, 0.2) is 0 Å². The lowest BCUT2D eigenvalue weighted by atomic mass is 9.81. The molecule has 1 aromatic carbocycles. The molecule has 160 valence electrons. The molecule has 1 amide bonds. The van der Waals surface area contributed by atoms with Gasteiger partial charge < -0.3 is 15.5 Å². The Balaban J connectivity index is 1.23. The highest BCUT2D eigenvalue weighted by Crippen LogP contribution is 2.31. The first-order chi connectivity index (χ1) is 14.1. The van der Waals surface area contributed by atoms with Crippen LogP contribution in [0.3, 0.4) is 0 Å². The second-order valence-electron chi connectivity index (χ2n) is 9.37. The van der Waals surface area contributed by atoms with Crippen LogP contribution in [0.2, 0.25) is 0 Å². The average molecular weight is 402 g/mol. The van der Waals surface area contributed by atoms with Crippen LogP contribution in [0.5, 0.6) is 0 Å². The minimum Gasteiger partial charge on any atom is -0.380 e. The maximum atomic E-state index is 12.6. The van der Waals surface area contributed by atoms with Crippen molar-refractivity contribution in [3.05, 3.63) is 20.4 Å². The highest BCUT2D eigenvalue weighted by molar-refractivity contribution is 5.79. The Bertz CT molecular complexity index is 763. The summed E-state index contributed by atoms with van der Waals surface area (Å²) in [5, 5.41) is 6.57. The van der Waals surface area contributed by atoms with Crippen molar-refractivity contribution in [1.82, 2.24) is 5.32 Å². The summed E-state index contributed by atoms with van der Waals surface area (Å²) in [6.07, 6.45) is 13.3. The third-order valence-electron chi connectivity index (χ3n) is 7.29. The second kappa shape index (κ2) is 9.31. The first-order valence-corrected chi connectivity index (χ1v) is 11.8. The highest BCUT2D eigenvalue weighted by Gasteiger charge is 2.30. The van der Waals surface area contributed by atoms with E-state index in [1.165, 1.54) is 25.7 Å². The topological polar surface area (TPSA) is 78.5 Å². The SMILES string of the molecule is O=C(NC1CCCCC1)C1CCC(CNc2c(N3CCCCC3)c(=O)c2=O)CC1. The maximum absolute atomic E-state index is 12.6. The van der Waals surface area contributed by atoms with Crippen LogP contribution < -0.4 is 26.4 Å². The van der Waals surface area contributed by atoms with E-state index in [4.69, 9.17) is 0 Å². The van der Waals surface area contributed by atoms with Crippen molar-refractivity contribution in [1.29, 1.82) is 0 Å². The van der Waals surface area contributed by atoms with Gasteiger partial charge in [-0.3, -0.25) is 14.4 Å². The number of piperidine rings is 1. The Morgan fingerprint density at radius 2 is 1.48 bits per heavy atom. The molecule has 2 saturated carbocycles. The zero-order chi connectivity index (χ0) is 20.2.